The van der Waals surface area contributed by atoms with Gasteiger partial charge in [0.25, 0.3) is 5.91 Å². The fourth-order valence-electron chi connectivity index (χ4n) is 6.94. The van der Waals surface area contributed by atoms with E-state index in [1.807, 2.05) is 30.3 Å². The van der Waals surface area contributed by atoms with Crippen LogP contribution in [-0.4, -0.2) is 79.7 Å². The highest BCUT2D eigenvalue weighted by atomic mass is 32.1. The number of nitrogens with zero attached hydrogens (tertiary/aromatic N) is 1. The maximum atomic E-state index is 14.1. The number of thiophene rings is 1. The number of nitrogens with two attached hydrogens (primary N) is 1. The molecule has 0 bridgehead atoms. The fourth-order valence-corrected chi connectivity index (χ4v) is 8.03. The third-order valence-corrected chi connectivity index (χ3v) is 9.97. The molecule has 6 rings (SSSR count). The number of phenols is 1. The summed E-state index contributed by atoms with van der Waals surface area (Å²) < 4.78 is 0.983. The van der Waals surface area contributed by atoms with Gasteiger partial charge in [0.05, 0.1) is 23.6 Å². The Labute approximate surface area is 238 Å². The summed E-state index contributed by atoms with van der Waals surface area (Å²) in [4.78, 5) is 41.9. The second-order valence-electron chi connectivity index (χ2n) is 11.1. The van der Waals surface area contributed by atoms with E-state index in [0.29, 0.717) is 16.0 Å². The molecule has 0 fully saturated rings. The predicted molar refractivity (Wildman–Crippen MR) is 151 cm³/mol. The smallest absolute Gasteiger partial charge is 0.255 e. The average Bonchev–Trinajstić information content (AvgIpc) is 3.34. The molecule has 0 radical (unpaired) electrons. The molecule has 10 nitrogen and oxygen atoms in total. The van der Waals surface area contributed by atoms with Crippen LogP contribution in [0.15, 0.2) is 65.1 Å². The number of carbonyl (C=O) groups excluding carboxylic acids is 3. The minimum atomic E-state index is -2.94. The number of hydrogen-bond donors (Lipinski definition) is 6. The molecular weight excluding hydrogens is 548 g/mol. The van der Waals surface area contributed by atoms with Crippen molar-refractivity contribution in [2.45, 2.75) is 30.6 Å². The van der Waals surface area contributed by atoms with Crippen LogP contribution in [0, 0.1) is 11.8 Å². The second kappa shape index (κ2) is 8.98. The van der Waals surface area contributed by atoms with Crippen LogP contribution in [0.1, 0.15) is 28.8 Å². The lowest BCUT2D eigenvalue weighted by Gasteiger charge is -2.53. The van der Waals surface area contributed by atoms with Crippen LogP contribution in [0.2, 0.25) is 0 Å². The normalized spacial score (nSPS) is 29.6. The zero-order chi connectivity index (χ0) is 29.7. The van der Waals surface area contributed by atoms with Crippen LogP contribution >= 0.6 is 11.3 Å². The molecule has 0 aliphatic heterocycles. The van der Waals surface area contributed by atoms with Crippen molar-refractivity contribution < 1.29 is 39.9 Å². The van der Waals surface area contributed by atoms with Crippen molar-refractivity contribution in [1.82, 2.24) is 4.90 Å². The molecule has 11 heteroatoms. The zero-order valence-electron chi connectivity index (χ0n) is 22.3. The first kappa shape index (κ1) is 27.2. The molecule has 6 atom stereocenters. The highest BCUT2D eigenvalue weighted by Crippen LogP contribution is 2.56. The van der Waals surface area contributed by atoms with Crippen molar-refractivity contribution in [2.75, 3.05) is 14.1 Å². The number of aromatic hydroxyl groups is 1. The van der Waals surface area contributed by atoms with Gasteiger partial charge < -0.3 is 31.3 Å². The summed E-state index contributed by atoms with van der Waals surface area (Å²) in [5.74, 6) is -9.03. The monoisotopic (exact) mass is 576 g/mol. The molecule has 3 aliphatic rings. The van der Waals surface area contributed by atoms with Gasteiger partial charge in [0.2, 0.25) is 5.78 Å². The Bertz CT molecular complexity index is 1720. The highest BCUT2D eigenvalue weighted by molar-refractivity contribution is 7.22. The van der Waals surface area contributed by atoms with Gasteiger partial charge in [-0.2, -0.15) is 0 Å². The largest absolute Gasteiger partial charge is 0.510 e. The SMILES string of the molecule is C[C@H]1c2ccc(-c3cc4ccccc4s3)c(O)c2C(=O)C2=C(O)[C@]3(O)C(=O)C(C(N)=O)=C(O)[C@@H](N(C)C)[C@@H]3[C@@H](O)[C@@H]21. The number of primary amides is 1. The number of likely N-dealkylation sites (N-methyl/N-ethyl adjacent to an activating group) is 1. The Hall–Kier alpha value is -4.03. The molecule has 1 amide bonds. The summed E-state index contributed by atoms with van der Waals surface area (Å²) in [5.41, 5.74) is 1.77. The Balaban J connectivity index is 1.57. The van der Waals surface area contributed by atoms with Crippen LogP contribution < -0.4 is 5.73 Å². The van der Waals surface area contributed by atoms with Crippen LogP contribution in [0.5, 0.6) is 5.75 Å². The van der Waals surface area contributed by atoms with Gasteiger partial charge in [0, 0.05) is 26.6 Å². The summed E-state index contributed by atoms with van der Waals surface area (Å²) in [6.07, 6.45) is -1.63. The Kier molecular flexibility index (Phi) is 5.95. The van der Waals surface area contributed by atoms with Crippen molar-refractivity contribution in [1.29, 1.82) is 0 Å². The molecule has 0 saturated carbocycles. The average molecular weight is 577 g/mol. The molecule has 7 N–H and O–H groups in total. The summed E-state index contributed by atoms with van der Waals surface area (Å²) in [5, 5.41) is 58.4. The fraction of sp³-hybridized carbons (Fsp3) is 0.300. The van der Waals surface area contributed by atoms with Gasteiger partial charge in [0.15, 0.2) is 11.4 Å². The lowest BCUT2D eigenvalue weighted by molar-refractivity contribution is -0.162. The molecular formula is C30H28N2O8S. The zero-order valence-corrected chi connectivity index (χ0v) is 23.1. The van der Waals surface area contributed by atoms with E-state index in [2.05, 4.69) is 0 Å². The van der Waals surface area contributed by atoms with Gasteiger partial charge in [-0.3, -0.25) is 19.3 Å². The third kappa shape index (κ3) is 3.43. The van der Waals surface area contributed by atoms with E-state index in [9.17, 15) is 39.9 Å². The maximum Gasteiger partial charge on any atom is 0.255 e. The van der Waals surface area contributed by atoms with Gasteiger partial charge in [-0.25, -0.2) is 0 Å². The summed E-state index contributed by atoms with van der Waals surface area (Å²) in [6.45, 7) is 1.70. The van der Waals surface area contributed by atoms with Crippen molar-refractivity contribution in [2.24, 2.45) is 17.6 Å². The van der Waals surface area contributed by atoms with Crippen molar-refractivity contribution in [3.8, 4) is 16.2 Å². The van der Waals surface area contributed by atoms with Crippen LogP contribution in [0.4, 0.5) is 0 Å². The summed E-state index contributed by atoms with van der Waals surface area (Å²) >= 11 is 1.43. The molecule has 0 unspecified atom stereocenters. The van der Waals surface area contributed by atoms with E-state index in [-0.39, 0.29) is 11.3 Å². The van der Waals surface area contributed by atoms with Crippen LogP contribution in [0.25, 0.3) is 20.5 Å². The molecule has 0 spiro atoms. The number of ketones is 2. The molecule has 3 aliphatic carbocycles. The molecule has 41 heavy (non-hydrogen) atoms. The van der Waals surface area contributed by atoms with Gasteiger partial charge in [-0.05, 0) is 49.2 Å². The number of hydrogen-bond acceptors (Lipinski definition) is 10. The predicted octanol–water partition coefficient (Wildman–Crippen LogP) is 2.53. The summed E-state index contributed by atoms with van der Waals surface area (Å²) in [7, 11) is 2.99. The van der Waals surface area contributed by atoms with E-state index in [4.69, 9.17) is 5.73 Å². The van der Waals surface area contributed by atoms with E-state index >= 15 is 0 Å². The first-order chi connectivity index (χ1) is 19.3. The van der Waals surface area contributed by atoms with Crippen molar-refractivity contribution in [3.63, 3.8) is 0 Å². The number of benzene rings is 2. The minimum absolute atomic E-state index is 0.111. The number of carbonyl (C=O) groups is 3. The number of phenolic OH excluding ortho intramolecular Hbond substituents is 1. The second-order valence-corrected chi connectivity index (χ2v) is 12.2. The number of fused-ring (bicyclic) bond motifs is 4. The van der Waals surface area contributed by atoms with Gasteiger partial charge in [-0.1, -0.05) is 31.2 Å². The van der Waals surface area contributed by atoms with E-state index < -0.39 is 75.6 Å². The number of rotatable bonds is 3. The van der Waals surface area contributed by atoms with Gasteiger partial charge >= 0.3 is 0 Å². The van der Waals surface area contributed by atoms with Crippen molar-refractivity contribution >= 4 is 38.9 Å². The van der Waals surface area contributed by atoms with E-state index in [1.165, 1.54) is 30.3 Å². The lowest BCUT2D eigenvalue weighted by atomic mass is 9.55. The molecule has 0 saturated heterocycles. The summed E-state index contributed by atoms with van der Waals surface area (Å²) in [6, 6.07) is 11.6. The Morgan fingerprint density at radius 1 is 1.07 bits per heavy atom. The minimum Gasteiger partial charge on any atom is -0.510 e. The quantitative estimate of drug-likeness (QED) is 0.255. The van der Waals surface area contributed by atoms with Crippen LogP contribution in [-0.2, 0) is 9.59 Å². The number of aliphatic hydroxyl groups excluding tert-OH is 3. The number of Topliss-reactive ketones (excluding diaryl/α,β-unsaturated/α-hetero) is 2. The molecule has 3 aromatic rings. The van der Waals surface area contributed by atoms with E-state index in [1.54, 1.807) is 19.1 Å². The van der Waals surface area contributed by atoms with Crippen LogP contribution in [0.3, 0.4) is 0 Å². The standard InChI is InChI=1S/C30H28N2O8S/c1-11-13-8-9-14(16-10-12-6-4-5-7-15(12)41-16)23(33)18(13)24(34)19-17(11)25(35)21-22(32(2)3)26(36)20(29(31)39)28(38)30(21,40)27(19)37/h4-11,17,21-22,25,33,35-37,40H,1-3H3,(H2,31,39)/t11-,17+,21+,22-,25-,30-/m0/s1. The van der Waals surface area contributed by atoms with Gasteiger partial charge in [0.1, 0.15) is 22.8 Å². The Morgan fingerprint density at radius 3 is 2.39 bits per heavy atom. The van der Waals surface area contributed by atoms with Crippen molar-refractivity contribution in [3.05, 3.63) is 76.3 Å². The number of aliphatic hydroxyl groups is 4. The molecule has 212 valence electrons. The number of amides is 1. The van der Waals surface area contributed by atoms with Gasteiger partial charge in [-0.15, -0.1) is 11.3 Å². The topological polar surface area (TPSA) is 182 Å². The van der Waals surface area contributed by atoms with E-state index in [0.717, 1.165) is 10.1 Å². The first-order valence-electron chi connectivity index (χ1n) is 13.0. The molecule has 2 aromatic carbocycles. The third-order valence-electron chi connectivity index (χ3n) is 8.82. The maximum absolute atomic E-state index is 14.1. The molecule has 1 heterocycles. The lowest BCUT2D eigenvalue weighted by Crippen LogP contribution is -2.68. The first-order valence-corrected chi connectivity index (χ1v) is 13.8. The highest BCUT2D eigenvalue weighted by Gasteiger charge is 2.67. The molecule has 1 aromatic heterocycles. The Morgan fingerprint density at radius 2 is 1.76 bits per heavy atom.